The Morgan fingerprint density at radius 1 is 0.905 bits per heavy atom. The predicted molar refractivity (Wildman–Crippen MR) is 74.4 cm³/mol. The van der Waals surface area contributed by atoms with Gasteiger partial charge in [-0.3, -0.25) is 9.59 Å². The molecule has 2 aliphatic rings. The Morgan fingerprint density at radius 3 is 2.33 bits per heavy atom. The molecule has 106 valence electrons. The number of fused-ring (bicyclic) bond motifs is 4. The van der Waals surface area contributed by atoms with E-state index < -0.39 is 12.2 Å². The highest BCUT2D eigenvalue weighted by Gasteiger charge is 2.55. The van der Waals surface area contributed by atoms with Crippen LogP contribution in [0.4, 0.5) is 0 Å². The van der Waals surface area contributed by atoms with Gasteiger partial charge >= 0.3 is 0 Å². The average molecular weight is 284 g/mol. The summed E-state index contributed by atoms with van der Waals surface area (Å²) >= 11 is 0. The Morgan fingerprint density at radius 2 is 1.62 bits per heavy atom. The van der Waals surface area contributed by atoms with Crippen molar-refractivity contribution in [3.8, 4) is 11.5 Å². The quantitative estimate of drug-likeness (QED) is 0.789. The topological polar surface area (TPSA) is 65.1 Å². The molecule has 2 atom stereocenters. The van der Waals surface area contributed by atoms with Gasteiger partial charge in [0.05, 0.1) is 14.2 Å². The molecule has 0 amide bonds. The zero-order chi connectivity index (χ0) is 14.7. The van der Waals surface area contributed by atoms with E-state index in [1.807, 2.05) is 0 Å². The summed E-state index contributed by atoms with van der Waals surface area (Å²) in [5, 5.41) is 1.44. The molecule has 21 heavy (non-hydrogen) atoms. The maximum atomic E-state index is 12.4. The summed E-state index contributed by atoms with van der Waals surface area (Å²) in [6.45, 7) is 0. The summed E-state index contributed by atoms with van der Waals surface area (Å²) in [6, 6.07) is 6.96. The molecule has 0 radical (unpaired) electrons. The Balaban J connectivity index is 2.07. The number of epoxide rings is 1. The number of Topliss-reactive ketones (excluding diaryl/α,β-unsaturated/α-hetero) is 2. The van der Waals surface area contributed by atoms with Crippen LogP contribution in [0.5, 0.6) is 11.5 Å². The first kappa shape index (κ1) is 12.3. The number of methoxy groups -OCH3 is 2. The number of ether oxygens (including phenoxy) is 3. The fraction of sp³-hybridized carbons (Fsp3) is 0.250. The minimum atomic E-state index is -0.608. The van der Waals surface area contributed by atoms with Crippen LogP contribution in [-0.4, -0.2) is 38.0 Å². The van der Waals surface area contributed by atoms with Crippen molar-refractivity contribution < 1.29 is 23.8 Å². The number of benzene rings is 2. The molecule has 0 aromatic heterocycles. The van der Waals surface area contributed by atoms with Crippen LogP contribution >= 0.6 is 0 Å². The molecule has 1 aliphatic carbocycles. The third kappa shape index (κ3) is 1.49. The highest BCUT2D eigenvalue weighted by Crippen LogP contribution is 2.42. The van der Waals surface area contributed by atoms with Crippen LogP contribution < -0.4 is 9.47 Å². The second-order valence-electron chi connectivity index (χ2n) is 5.09. The van der Waals surface area contributed by atoms with Gasteiger partial charge < -0.3 is 14.2 Å². The Bertz CT molecular complexity index is 808. The number of rotatable bonds is 2. The van der Waals surface area contributed by atoms with E-state index in [4.69, 9.17) is 14.2 Å². The zero-order valence-electron chi connectivity index (χ0n) is 11.5. The number of carbonyl (C=O) groups excluding carboxylic acids is 2. The standard InChI is InChI=1S/C16H12O5/c1-19-10-6-5-7-8(14(10)20-2)3-4-9-11(7)13(18)16-15(21-16)12(9)17/h3-6,15-16H,1-2H3/t15-,16+/m1/s1. The van der Waals surface area contributed by atoms with Gasteiger partial charge in [0.25, 0.3) is 0 Å². The van der Waals surface area contributed by atoms with Crippen LogP contribution in [0.1, 0.15) is 20.7 Å². The lowest BCUT2D eigenvalue weighted by Gasteiger charge is -2.16. The van der Waals surface area contributed by atoms with E-state index in [9.17, 15) is 9.59 Å². The molecule has 4 rings (SSSR count). The van der Waals surface area contributed by atoms with Gasteiger partial charge in [-0.15, -0.1) is 0 Å². The van der Waals surface area contributed by atoms with Crippen molar-refractivity contribution in [2.75, 3.05) is 14.2 Å². The highest BCUT2D eigenvalue weighted by atomic mass is 16.6. The van der Waals surface area contributed by atoms with Crippen LogP contribution in [0.2, 0.25) is 0 Å². The van der Waals surface area contributed by atoms with Gasteiger partial charge in [-0.25, -0.2) is 0 Å². The van der Waals surface area contributed by atoms with Crippen molar-refractivity contribution in [1.82, 2.24) is 0 Å². The van der Waals surface area contributed by atoms with Gasteiger partial charge in [-0.1, -0.05) is 0 Å². The lowest BCUT2D eigenvalue weighted by atomic mass is 9.86. The van der Waals surface area contributed by atoms with Crippen LogP contribution in [0, 0.1) is 0 Å². The van der Waals surface area contributed by atoms with Crippen molar-refractivity contribution in [2.24, 2.45) is 0 Å². The minimum absolute atomic E-state index is 0.119. The number of hydrogen-bond acceptors (Lipinski definition) is 5. The highest BCUT2D eigenvalue weighted by molar-refractivity contribution is 6.26. The molecule has 5 heteroatoms. The third-order valence-corrected chi connectivity index (χ3v) is 4.06. The molecule has 0 bridgehead atoms. The maximum Gasteiger partial charge on any atom is 0.196 e. The van der Waals surface area contributed by atoms with Gasteiger partial charge in [0.1, 0.15) is 0 Å². The fourth-order valence-corrected chi connectivity index (χ4v) is 3.01. The maximum absolute atomic E-state index is 12.4. The van der Waals surface area contributed by atoms with E-state index in [1.165, 1.54) is 0 Å². The van der Waals surface area contributed by atoms with Crippen LogP contribution in [0.25, 0.3) is 10.8 Å². The van der Waals surface area contributed by atoms with E-state index in [-0.39, 0.29) is 11.6 Å². The Kier molecular flexibility index (Phi) is 2.38. The second-order valence-corrected chi connectivity index (χ2v) is 5.09. The SMILES string of the molecule is COc1ccc2c3c(ccc2c1OC)C(=O)[C@H]1O[C@H]1C3=O. The Labute approximate surface area is 120 Å². The number of carbonyl (C=O) groups is 2. The molecular weight excluding hydrogens is 272 g/mol. The zero-order valence-corrected chi connectivity index (χ0v) is 11.5. The first-order chi connectivity index (χ1) is 10.2. The molecule has 1 fully saturated rings. The summed E-state index contributed by atoms with van der Waals surface area (Å²) in [6.07, 6.45) is -1.19. The molecule has 1 aliphatic heterocycles. The smallest absolute Gasteiger partial charge is 0.196 e. The fourth-order valence-electron chi connectivity index (χ4n) is 3.01. The van der Waals surface area contributed by atoms with Gasteiger partial charge in [0.2, 0.25) is 0 Å². The Hall–Kier alpha value is -2.40. The molecule has 0 unspecified atom stereocenters. The van der Waals surface area contributed by atoms with E-state index >= 15 is 0 Å². The summed E-state index contributed by atoms with van der Waals surface area (Å²) in [5.41, 5.74) is 0.857. The van der Waals surface area contributed by atoms with Crippen LogP contribution in [0.15, 0.2) is 24.3 Å². The molecule has 0 saturated carbocycles. The largest absolute Gasteiger partial charge is 0.493 e. The number of hydrogen-bond donors (Lipinski definition) is 0. The summed E-state index contributed by atoms with van der Waals surface area (Å²) in [4.78, 5) is 24.6. The van der Waals surface area contributed by atoms with Crippen molar-refractivity contribution in [1.29, 1.82) is 0 Å². The van der Waals surface area contributed by atoms with Gasteiger partial charge in [-0.2, -0.15) is 0 Å². The normalized spacial score (nSPS) is 22.8. The monoisotopic (exact) mass is 284 g/mol. The van der Waals surface area contributed by atoms with Crippen LogP contribution in [0.3, 0.4) is 0 Å². The first-order valence-electron chi connectivity index (χ1n) is 6.59. The minimum Gasteiger partial charge on any atom is -0.493 e. The summed E-state index contributed by atoms with van der Waals surface area (Å²) in [7, 11) is 3.10. The molecule has 0 N–H and O–H groups in total. The summed E-state index contributed by atoms with van der Waals surface area (Å²) in [5.74, 6) is 0.885. The molecule has 1 heterocycles. The van der Waals surface area contributed by atoms with E-state index in [0.717, 1.165) is 5.39 Å². The predicted octanol–water partition coefficient (Wildman–Crippen LogP) is 2.00. The molecule has 2 aromatic rings. The first-order valence-corrected chi connectivity index (χ1v) is 6.59. The molecule has 5 nitrogen and oxygen atoms in total. The molecular formula is C16H12O5. The van der Waals surface area contributed by atoms with E-state index in [2.05, 4.69) is 0 Å². The van der Waals surface area contributed by atoms with Crippen molar-refractivity contribution in [3.63, 3.8) is 0 Å². The molecule has 1 saturated heterocycles. The van der Waals surface area contributed by atoms with E-state index in [0.29, 0.717) is 28.0 Å². The van der Waals surface area contributed by atoms with Crippen LogP contribution in [-0.2, 0) is 4.74 Å². The lowest BCUT2D eigenvalue weighted by Crippen LogP contribution is -2.26. The van der Waals surface area contributed by atoms with Crippen molar-refractivity contribution >= 4 is 22.3 Å². The van der Waals surface area contributed by atoms with Gasteiger partial charge in [-0.05, 0) is 29.7 Å². The lowest BCUT2D eigenvalue weighted by molar-refractivity contribution is 0.0923. The molecule has 0 spiro atoms. The summed E-state index contributed by atoms with van der Waals surface area (Å²) < 4.78 is 15.8. The average Bonchev–Trinajstić information content (AvgIpc) is 3.31. The van der Waals surface area contributed by atoms with Crippen molar-refractivity contribution in [3.05, 3.63) is 35.4 Å². The van der Waals surface area contributed by atoms with Gasteiger partial charge in [0.15, 0.2) is 35.3 Å². The van der Waals surface area contributed by atoms with Gasteiger partial charge in [0, 0.05) is 16.5 Å². The van der Waals surface area contributed by atoms with Crippen molar-refractivity contribution in [2.45, 2.75) is 12.2 Å². The molecule has 2 aromatic carbocycles. The number of ketones is 2. The third-order valence-electron chi connectivity index (χ3n) is 4.06. The second kappa shape index (κ2) is 4.05. The van der Waals surface area contributed by atoms with E-state index in [1.54, 1.807) is 38.5 Å².